The van der Waals surface area contributed by atoms with Crippen LogP contribution in [0.25, 0.3) is 0 Å². The molecule has 1 amide bonds. The highest BCUT2D eigenvalue weighted by molar-refractivity contribution is 9.08. The summed E-state index contributed by atoms with van der Waals surface area (Å²) in [5.74, 6) is -0.740. The van der Waals surface area contributed by atoms with Crippen molar-refractivity contribution in [2.75, 3.05) is 5.94 Å². The van der Waals surface area contributed by atoms with E-state index in [2.05, 4.69) is 20.7 Å². The van der Waals surface area contributed by atoms with Crippen molar-refractivity contribution in [1.82, 2.24) is 0 Å². The number of carbonyl (C=O) groups excluding carboxylic acids is 1. The maximum Gasteiger partial charge on any atom is 0.405 e. The Morgan fingerprint density at radius 3 is 2.31 bits per heavy atom. The van der Waals surface area contributed by atoms with Crippen LogP contribution >= 0.6 is 15.9 Å². The van der Waals surface area contributed by atoms with Gasteiger partial charge in [-0.25, -0.2) is 13.2 Å². The Kier molecular flexibility index (Phi) is 4.31. The minimum absolute atomic E-state index is 0.0958. The van der Waals surface area contributed by atoms with Crippen LogP contribution in [0.2, 0.25) is 0 Å². The zero-order chi connectivity index (χ0) is 12.2. The van der Waals surface area contributed by atoms with Gasteiger partial charge in [0.05, 0.1) is 4.90 Å². The topological polar surface area (TPSA) is 86.5 Å². The molecule has 0 fully saturated rings. The van der Waals surface area contributed by atoms with Gasteiger partial charge in [0.25, 0.3) is 0 Å². The number of carbonyl (C=O) groups is 1. The molecule has 0 saturated heterocycles. The van der Waals surface area contributed by atoms with Crippen molar-refractivity contribution >= 4 is 31.9 Å². The maximum absolute atomic E-state index is 11.6. The highest BCUT2D eigenvalue weighted by Gasteiger charge is 2.15. The van der Waals surface area contributed by atoms with E-state index < -0.39 is 21.9 Å². The van der Waals surface area contributed by atoms with Crippen LogP contribution < -0.4 is 5.73 Å². The van der Waals surface area contributed by atoms with Crippen LogP contribution in [0.3, 0.4) is 0 Å². The molecule has 0 spiro atoms. The number of hydrogen-bond donors (Lipinski definition) is 1. The van der Waals surface area contributed by atoms with E-state index in [4.69, 9.17) is 5.73 Å². The molecule has 0 atom stereocenters. The lowest BCUT2D eigenvalue weighted by atomic mass is 10.2. The first kappa shape index (κ1) is 13.0. The van der Waals surface area contributed by atoms with Gasteiger partial charge in [-0.3, -0.25) is 0 Å². The summed E-state index contributed by atoms with van der Waals surface area (Å²) >= 11 is 3.25. The second-order valence-corrected chi connectivity index (χ2v) is 5.47. The molecule has 0 bridgehead atoms. The summed E-state index contributed by atoms with van der Waals surface area (Å²) in [5.41, 5.74) is 5.65. The fraction of sp³-hybridized carbons (Fsp3) is 0.222. The number of halogens is 1. The molecular formula is C9H10BrNO4S. The molecule has 0 aliphatic rings. The molecule has 0 aliphatic heterocycles. The number of amides is 1. The van der Waals surface area contributed by atoms with Crippen LogP contribution in [0.15, 0.2) is 29.2 Å². The van der Waals surface area contributed by atoms with Gasteiger partial charge in [-0.1, -0.05) is 28.1 Å². The van der Waals surface area contributed by atoms with Crippen LogP contribution in [-0.2, 0) is 19.9 Å². The molecule has 16 heavy (non-hydrogen) atoms. The van der Waals surface area contributed by atoms with E-state index in [9.17, 15) is 13.2 Å². The van der Waals surface area contributed by atoms with Gasteiger partial charge in [0.2, 0.25) is 9.84 Å². The highest BCUT2D eigenvalue weighted by Crippen LogP contribution is 2.14. The monoisotopic (exact) mass is 307 g/mol. The van der Waals surface area contributed by atoms with Crippen molar-refractivity contribution in [1.29, 1.82) is 0 Å². The first-order valence-corrected chi connectivity index (χ1v) is 7.03. The van der Waals surface area contributed by atoms with Gasteiger partial charge in [0, 0.05) is 5.33 Å². The SMILES string of the molecule is NC(=O)OCS(=O)(=O)c1ccc(CBr)cc1. The molecule has 88 valence electrons. The first-order chi connectivity index (χ1) is 7.45. The molecule has 0 radical (unpaired) electrons. The van der Waals surface area contributed by atoms with Gasteiger partial charge in [0.1, 0.15) is 0 Å². The third kappa shape index (κ3) is 3.49. The number of ether oxygens (including phenoxy) is 1. The minimum atomic E-state index is -3.62. The van der Waals surface area contributed by atoms with Crippen LogP contribution in [0, 0.1) is 0 Å². The number of hydrogen-bond acceptors (Lipinski definition) is 4. The molecule has 0 heterocycles. The Morgan fingerprint density at radius 1 is 1.31 bits per heavy atom. The molecule has 1 rings (SSSR count). The minimum Gasteiger partial charge on any atom is -0.433 e. The lowest BCUT2D eigenvalue weighted by molar-refractivity contribution is 0.174. The van der Waals surface area contributed by atoms with E-state index in [-0.39, 0.29) is 4.90 Å². The van der Waals surface area contributed by atoms with Gasteiger partial charge in [-0.2, -0.15) is 0 Å². The van der Waals surface area contributed by atoms with E-state index in [1.165, 1.54) is 12.1 Å². The van der Waals surface area contributed by atoms with Crippen molar-refractivity contribution in [2.24, 2.45) is 5.73 Å². The van der Waals surface area contributed by atoms with E-state index >= 15 is 0 Å². The summed E-state index contributed by atoms with van der Waals surface area (Å²) in [7, 11) is -3.62. The van der Waals surface area contributed by atoms with Crippen molar-refractivity contribution in [3.8, 4) is 0 Å². The smallest absolute Gasteiger partial charge is 0.405 e. The molecule has 0 aromatic heterocycles. The number of primary amides is 1. The Bertz CT molecular complexity index is 469. The fourth-order valence-electron chi connectivity index (χ4n) is 0.990. The number of sulfone groups is 1. The first-order valence-electron chi connectivity index (χ1n) is 4.25. The third-order valence-electron chi connectivity index (χ3n) is 1.79. The Hall–Kier alpha value is -1.08. The number of rotatable bonds is 4. The lowest BCUT2D eigenvalue weighted by Crippen LogP contribution is -2.19. The second kappa shape index (κ2) is 5.31. The van der Waals surface area contributed by atoms with E-state index in [1.54, 1.807) is 12.1 Å². The number of alkyl halides is 1. The number of nitrogens with two attached hydrogens (primary N) is 1. The third-order valence-corrected chi connectivity index (χ3v) is 3.86. The summed E-state index contributed by atoms with van der Waals surface area (Å²) in [6.45, 7) is 0. The van der Waals surface area contributed by atoms with Crippen LogP contribution in [0.4, 0.5) is 4.79 Å². The van der Waals surface area contributed by atoms with Crippen LogP contribution in [0.1, 0.15) is 5.56 Å². The Balaban J connectivity index is 2.85. The van der Waals surface area contributed by atoms with E-state index in [0.29, 0.717) is 5.33 Å². The van der Waals surface area contributed by atoms with Gasteiger partial charge >= 0.3 is 6.09 Å². The van der Waals surface area contributed by atoms with Crippen molar-refractivity contribution in [3.05, 3.63) is 29.8 Å². The second-order valence-electron chi connectivity index (χ2n) is 2.97. The fourth-order valence-corrected chi connectivity index (χ4v) is 2.32. The zero-order valence-corrected chi connectivity index (χ0v) is 10.6. The average molecular weight is 308 g/mol. The predicted molar refractivity (Wildman–Crippen MR) is 61.8 cm³/mol. The maximum atomic E-state index is 11.6. The Morgan fingerprint density at radius 2 is 1.88 bits per heavy atom. The van der Waals surface area contributed by atoms with Crippen molar-refractivity contribution < 1.29 is 17.9 Å². The molecule has 0 unspecified atom stereocenters. The zero-order valence-electron chi connectivity index (χ0n) is 8.22. The molecular weight excluding hydrogens is 298 g/mol. The molecule has 5 nitrogen and oxygen atoms in total. The van der Waals surface area contributed by atoms with Crippen molar-refractivity contribution in [3.63, 3.8) is 0 Å². The molecule has 0 saturated carbocycles. The molecule has 1 aromatic carbocycles. The summed E-state index contributed by atoms with van der Waals surface area (Å²) in [6, 6.07) is 6.25. The lowest BCUT2D eigenvalue weighted by Gasteiger charge is -2.04. The van der Waals surface area contributed by atoms with Gasteiger partial charge in [0.15, 0.2) is 5.94 Å². The summed E-state index contributed by atoms with van der Waals surface area (Å²) in [6.07, 6.45) is -1.11. The quantitative estimate of drug-likeness (QED) is 0.852. The molecule has 0 aliphatic carbocycles. The molecule has 1 aromatic rings. The van der Waals surface area contributed by atoms with Gasteiger partial charge in [-0.15, -0.1) is 0 Å². The van der Waals surface area contributed by atoms with E-state index in [0.717, 1.165) is 5.56 Å². The summed E-state index contributed by atoms with van der Waals surface area (Å²) in [5, 5.41) is 0.644. The average Bonchev–Trinajstić information content (AvgIpc) is 2.27. The normalized spacial score (nSPS) is 11.1. The largest absolute Gasteiger partial charge is 0.433 e. The van der Waals surface area contributed by atoms with E-state index in [1.807, 2.05) is 0 Å². The highest BCUT2D eigenvalue weighted by atomic mass is 79.9. The number of benzene rings is 1. The summed E-state index contributed by atoms with van der Waals surface area (Å²) in [4.78, 5) is 10.4. The van der Waals surface area contributed by atoms with Crippen molar-refractivity contribution in [2.45, 2.75) is 10.2 Å². The van der Waals surface area contributed by atoms with Gasteiger partial charge < -0.3 is 10.5 Å². The predicted octanol–water partition coefficient (Wildman–Crippen LogP) is 1.41. The molecule has 7 heteroatoms. The van der Waals surface area contributed by atoms with Crippen LogP contribution in [-0.4, -0.2) is 20.4 Å². The Labute approximate surface area is 102 Å². The van der Waals surface area contributed by atoms with Gasteiger partial charge in [-0.05, 0) is 17.7 Å². The summed E-state index contributed by atoms with van der Waals surface area (Å²) < 4.78 is 27.4. The van der Waals surface area contributed by atoms with Crippen LogP contribution in [0.5, 0.6) is 0 Å². The standard InChI is InChI=1S/C9H10BrNO4S/c10-5-7-1-3-8(4-2-7)16(13,14)6-15-9(11)12/h1-4H,5-6H2,(H2,11,12). The molecule has 2 N–H and O–H groups in total.